The Morgan fingerprint density at radius 3 is 3.09 bits per heavy atom. The summed E-state index contributed by atoms with van der Waals surface area (Å²) in [5.74, 6) is -0.569. The number of carboxylic acid groups (broad SMARTS) is 1. The molecule has 2 aromatic rings. The molecule has 0 saturated heterocycles. The van der Waals surface area contributed by atoms with Crippen molar-refractivity contribution < 1.29 is 14.7 Å². The van der Waals surface area contributed by atoms with Crippen LogP contribution in [0.25, 0.3) is 6.08 Å². The average molecular weight is 336 g/mol. The Hall–Kier alpha value is -2.12. The van der Waals surface area contributed by atoms with Crippen LogP contribution in [0.1, 0.15) is 16.1 Å². The zero-order chi connectivity index (χ0) is 15.7. The van der Waals surface area contributed by atoms with Crippen LogP contribution in [-0.2, 0) is 11.3 Å². The number of aliphatic carboxylic acids is 1. The topological polar surface area (TPSA) is 85.1 Å². The van der Waals surface area contributed by atoms with Crippen molar-refractivity contribution in [1.29, 1.82) is 0 Å². The molecule has 1 aliphatic heterocycles. The molecule has 0 radical (unpaired) electrons. The molecule has 8 heteroatoms. The number of carboxylic acids is 1. The highest BCUT2D eigenvalue weighted by Crippen LogP contribution is 2.34. The third kappa shape index (κ3) is 3.05. The molecule has 112 valence electrons. The van der Waals surface area contributed by atoms with Crippen molar-refractivity contribution in [2.24, 2.45) is 0 Å². The predicted octanol–water partition coefficient (Wildman–Crippen LogP) is 2.39. The minimum absolute atomic E-state index is 0.0935. The quantitative estimate of drug-likeness (QED) is 0.867. The molecule has 0 atom stereocenters. The van der Waals surface area contributed by atoms with Gasteiger partial charge in [-0.25, -0.2) is 4.68 Å². The Labute approximate surface area is 134 Å². The highest BCUT2D eigenvalue weighted by atomic mass is 35.5. The maximum atomic E-state index is 12.5. The first-order valence-corrected chi connectivity index (χ1v) is 7.69. The van der Waals surface area contributed by atoms with Gasteiger partial charge >= 0.3 is 5.97 Å². The lowest BCUT2D eigenvalue weighted by Gasteiger charge is -2.16. The van der Waals surface area contributed by atoms with Crippen LogP contribution in [0.2, 0.25) is 5.02 Å². The summed E-state index contributed by atoms with van der Waals surface area (Å²) in [6, 6.07) is 5.24. The Morgan fingerprint density at radius 2 is 2.32 bits per heavy atom. The summed E-state index contributed by atoms with van der Waals surface area (Å²) in [6.45, 7) is -0.267. The number of Topliss-reactive ketones (excluding diaryl/α,β-unsaturated/α-hetero) is 1. The SMILES string of the molecule is O=C(O)Cn1cc(C=C2CSc3ccc(Cl)cc3C2=O)nn1. The van der Waals surface area contributed by atoms with Gasteiger partial charge in [-0.05, 0) is 24.3 Å². The van der Waals surface area contributed by atoms with Crippen LogP contribution < -0.4 is 0 Å². The van der Waals surface area contributed by atoms with Crippen molar-refractivity contribution in [1.82, 2.24) is 15.0 Å². The summed E-state index contributed by atoms with van der Waals surface area (Å²) >= 11 is 7.49. The van der Waals surface area contributed by atoms with Gasteiger partial charge in [-0.2, -0.15) is 0 Å². The van der Waals surface area contributed by atoms with Crippen LogP contribution in [0, 0.1) is 0 Å². The van der Waals surface area contributed by atoms with E-state index in [1.54, 1.807) is 30.0 Å². The molecule has 1 N–H and O–H groups in total. The summed E-state index contributed by atoms with van der Waals surface area (Å²) in [7, 11) is 0. The summed E-state index contributed by atoms with van der Waals surface area (Å²) in [5.41, 5.74) is 1.62. The van der Waals surface area contributed by atoms with Gasteiger partial charge in [-0.15, -0.1) is 16.9 Å². The summed E-state index contributed by atoms with van der Waals surface area (Å²) in [6.07, 6.45) is 3.12. The van der Waals surface area contributed by atoms with Crippen molar-refractivity contribution in [3.05, 3.63) is 46.2 Å². The number of thioether (sulfide) groups is 1. The van der Waals surface area contributed by atoms with Crippen LogP contribution in [0.3, 0.4) is 0 Å². The molecule has 0 spiro atoms. The van der Waals surface area contributed by atoms with Gasteiger partial charge in [-0.3, -0.25) is 9.59 Å². The van der Waals surface area contributed by atoms with Crippen LogP contribution in [0.15, 0.2) is 34.9 Å². The number of hydrogen-bond acceptors (Lipinski definition) is 5. The van der Waals surface area contributed by atoms with Crippen molar-refractivity contribution in [2.45, 2.75) is 11.4 Å². The highest BCUT2D eigenvalue weighted by molar-refractivity contribution is 7.99. The number of hydrogen-bond donors (Lipinski definition) is 1. The number of nitrogens with zero attached hydrogens (tertiary/aromatic N) is 3. The van der Waals surface area contributed by atoms with Crippen molar-refractivity contribution >= 4 is 41.2 Å². The lowest BCUT2D eigenvalue weighted by Crippen LogP contribution is -2.12. The van der Waals surface area contributed by atoms with E-state index < -0.39 is 5.97 Å². The third-order valence-electron chi connectivity index (χ3n) is 3.04. The molecule has 0 bridgehead atoms. The highest BCUT2D eigenvalue weighted by Gasteiger charge is 2.23. The number of carbonyl (C=O) groups is 2. The van der Waals surface area contributed by atoms with E-state index in [2.05, 4.69) is 10.3 Å². The molecule has 0 fully saturated rings. The van der Waals surface area contributed by atoms with Gasteiger partial charge < -0.3 is 5.11 Å². The zero-order valence-corrected chi connectivity index (χ0v) is 12.8. The van der Waals surface area contributed by atoms with Crippen LogP contribution >= 0.6 is 23.4 Å². The van der Waals surface area contributed by atoms with Gasteiger partial charge in [0.25, 0.3) is 0 Å². The Morgan fingerprint density at radius 1 is 1.50 bits per heavy atom. The zero-order valence-electron chi connectivity index (χ0n) is 11.2. The van der Waals surface area contributed by atoms with E-state index in [0.717, 1.165) is 4.90 Å². The van der Waals surface area contributed by atoms with E-state index in [0.29, 0.717) is 27.6 Å². The van der Waals surface area contributed by atoms with Crippen LogP contribution in [0.4, 0.5) is 0 Å². The monoisotopic (exact) mass is 335 g/mol. The first-order valence-electron chi connectivity index (χ1n) is 6.32. The number of carbonyl (C=O) groups excluding carboxylic acids is 1. The first-order chi connectivity index (χ1) is 10.5. The van der Waals surface area contributed by atoms with E-state index in [4.69, 9.17) is 16.7 Å². The average Bonchev–Trinajstić information content (AvgIpc) is 2.89. The molecular formula is C14H10ClN3O3S. The van der Waals surface area contributed by atoms with Gasteiger partial charge in [0.05, 0.1) is 6.20 Å². The van der Waals surface area contributed by atoms with E-state index >= 15 is 0 Å². The molecule has 3 rings (SSSR count). The second-order valence-electron chi connectivity index (χ2n) is 4.66. The van der Waals surface area contributed by atoms with Gasteiger partial charge in [0.2, 0.25) is 0 Å². The van der Waals surface area contributed by atoms with E-state index in [1.165, 1.54) is 10.9 Å². The molecule has 0 saturated carbocycles. The lowest BCUT2D eigenvalue weighted by atomic mass is 10.0. The Bertz CT molecular complexity index is 800. The van der Waals surface area contributed by atoms with Crippen molar-refractivity contribution in [3.63, 3.8) is 0 Å². The summed E-state index contributed by atoms with van der Waals surface area (Å²) < 4.78 is 1.21. The maximum absolute atomic E-state index is 12.5. The molecule has 1 aliphatic rings. The predicted molar refractivity (Wildman–Crippen MR) is 82.1 cm³/mol. The Balaban J connectivity index is 1.88. The molecule has 1 aromatic heterocycles. The third-order valence-corrected chi connectivity index (χ3v) is 4.39. The number of fused-ring (bicyclic) bond motifs is 1. The number of ketones is 1. The van der Waals surface area contributed by atoms with Crippen LogP contribution in [0.5, 0.6) is 0 Å². The van der Waals surface area contributed by atoms with Crippen molar-refractivity contribution in [3.8, 4) is 0 Å². The lowest BCUT2D eigenvalue weighted by molar-refractivity contribution is -0.137. The van der Waals surface area contributed by atoms with E-state index in [-0.39, 0.29) is 12.3 Å². The fraction of sp³-hybridized carbons (Fsp3) is 0.143. The van der Waals surface area contributed by atoms with E-state index in [1.807, 2.05) is 6.07 Å². The van der Waals surface area contributed by atoms with Gasteiger partial charge in [0.15, 0.2) is 5.78 Å². The van der Waals surface area contributed by atoms with Gasteiger partial charge in [0.1, 0.15) is 12.2 Å². The number of halogens is 1. The normalized spacial score (nSPS) is 15.9. The smallest absolute Gasteiger partial charge is 0.325 e. The molecule has 0 unspecified atom stereocenters. The molecule has 0 amide bonds. The fourth-order valence-electron chi connectivity index (χ4n) is 2.08. The second kappa shape index (κ2) is 5.94. The molecule has 1 aromatic carbocycles. The fourth-order valence-corrected chi connectivity index (χ4v) is 3.25. The maximum Gasteiger partial charge on any atom is 0.325 e. The van der Waals surface area contributed by atoms with Gasteiger partial charge in [0, 0.05) is 26.8 Å². The Kier molecular flexibility index (Phi) is 4.00. The van der Waals surface area contributed by atoms with Crippen LogP contribution in [-0.4, -0.2) is 37.6 Å². The summed E-state index contributed by atoms with van der Waals surface area (Å²) in [4.78, 5) is 24.0. The first kappa shape index (κ1) is 14.8. The minimum atomic E-state index is -1.00. The standard InChI is InChI=1S/C14H10ClN3O3S/c15-9-1-2-12-11(4-9)14(21)8(7-22-12)3-10-5-18(17-16-10)6-13(19)20/h1-5H,6-7H2,(H,19,20). The van der Waals surface area contributed by atoms with Crippen molar-refractivity contribution in [2.75, 3.05) is 5.75 Å². The molecule has 2 heterocycles. The molecule has 0 aliphatic carbocycles. The number of aromatic nitrogens is 3. The van der Waals surface area contributed by atoms with Gasteiger partial charge in [-0.1, -0.05) is 16.8 Å². The van der Waals surface area contributed by atoms with E-state index in [9.17, 15) is 9.59 Å². The number of rotatable bonds is 3. The minimum Gasteiger partial charge on any atom is -0.480 e. The second-order valence-corrected chi connectivity index (χ2v) is 6.12. The molecule has 22 heavy (non-hydrogen) atoms. The molecule has 6 nitrogen and oxygen atoms in total. The summed E-state index contributed by atoms with van der Waals surface area (Å²) in [5, 5.41) is 16.8. The largest absolute Gasteiger partial charge is 0.480 e. The number of benzene rings is 1. The molecular weight excluding hydrogens is 326 g/mol.